The predicted octanol–water partition coefficient (Wildman–Crippen LogP) is 2.37. The first-order valence-electron chi connectivity index (χ1n) is 9.54. The molecule has 3 aliphatic rings. The van der Waals surface area contributed by atoms with E-state index in [1.54, 1.807) is 18.0 Å². The van der Waals surface area contributed by atoms with Crippen LogP contribution in [-0.4, -0.2) is 54.2 Å². The molecule has 28 heavy (non-hydrogen) atoms. The Morgan fingerprint density at radius 3 is 2.82 bits per heavy atom. The number of rotatable bonds is 3. The Hall–Kier alpha value is -2.61. The van der Waals surface area contributed by atoms with Crippen molar-refractivity contribution in [2.24, 2.45) is 5.92 Å². The van der Waals surface area contributed by atoms with Crippen molar-refractivity contribution >= 4 is 34.1 Å². The molecular formula is C20H21N3O4S. The van der Waals surface area contributed by atoms with Crippen LogP contribution in [0.3, 0.4) is 0 Å². The van der Waals surface area contributed by atoms with E-state index in [1.165, 1.54) is 28.8 Å². The number of nitrogens with zero attached hydrogens (tertiary/aromatic N) is 3. The quantitative estimate of drug-likeness (QED) is 0.794. The first kappa shape index (κ1) is 17.5. The molecule has 146 valence electrons. The highest BCUT2D eigenvalue weighted by Gasteiger charge is 2.39. The van der Waals surface area contributed by atoms with Crippen molar-refractivity contribution in [1.29, 1.82) is 0 Å². The maximum Gasteiger partial charge on any atom is 0.257 e. The van der Waals surface area contributed by atoms with Gasteiger partial charge in [-0.05, 0) is 36.8 Å². The molecule has 1 aliphatic carbocycles. The van der Waals surface area contributed by atoms with Crippen molar-refractivity contribution in [3.8, 4) is 0 Å². The summed E-state index contributed by atoms with van der Waals surface area (Å²) in [5.41, 5.74) is 2.20. The minimum atomic E-state index is -0.0891. The van der Waals surface area contributed by atoms with Gasteiger partial charge < -0.3 is 19.1 Å². The Balaban J connectivity index is 1.51. The van der Waals surface area contributed by atoms with Crippen LogP contribution in [0.5, 0.6) is 0 Å². The van der Waals surface area contributed by atoms with Crippen LogP contribution in [0.4, 0.5) is 5.00 Å². The van der Waals surface area contributed by atoms with Gasteiger partial charge in [0.25, 0.3) is 11.8 Å². The number of fused-ring (bicyclic) bond motifs is 3. The van der Waals surface area contributed by atoms with Gasteiger partial charge in [0.2, 0.25) is 5.91 Å². The number of amides is 3. The van der Waals surface area contributed by atoms with Crippen LogP contribution >= 0.6 is 11.3 Å². The molecule has 0 saturated heterocycles. The number of carbonyl (C=O) groups excluding carboxylic acids is 3. The maximum atomic E-state index is 13.0. The van der Waals surface area contributed by atoms with Crippen LogP contribution < -0.4 is 4.90 Å². The number of furan rings is 1. The highest BCUT2D eigenvalue weighted by molar-refractivity contribution is 7.17. The van der Waals surface area contributed by atoms with Crippen molar-refractivity contribution < 1.29 is 18.8 Å². The van der Waals surface area contributed by atoms with Gasteiger partial charge >= 0.3 is 0 Å². The average Bonchev–Trinajstić information content (AvgIpc) is 3.22. The third-order valence-electron chi connectivity index (χ3n) is 5.71. The zero-order chi connectivity index (χ0) is 19.4. The molecule has 2 aromatic heterocycles. The SMILES string of the molecule is CN1CC(=O)N(CC2CC2)c2sc3c(c2C1=O)CCN(C(=O)c1ccoc1)C3. The Morgan fingerprint density at radius 1 is 1.29 bits per heavy atom. The van der Waals surface area contributed by atoms with Crippen molar-refractivity contribution in [2.75, 3.05) is 31.6 Å². The van der Waals surface area contributed by atoms with Gasteiger partial charge in [0.05, 0.1) is 23.9 Å². The summed E-state index contributed by atoms with van der Waals surface area (Å²) in [4.78, 5) is 44.6. The van der Waals surface area contributed by atoms with Gasteiger partial charge in [-0.2, -0.15) is 0 Å². The van der Waals surface area contributed by atoms with Crippen molar-refractivity contribution in [2.45, 2.75) is 25.8 Å². The summed E-state index contributed by atoms with van der Waals surface area (Å²) >= 11 is 1.50. The lowest BCUT2D eigenvalue weighted by atomic mass is 10.0. The van der Waals surface area contributed by atoms with E-state index in [-0.39, 0.29) is 24.3 Å². The number of anilines is 1. The average molecular weight is 399 g/mol. The van der Waals surface area contributed by atoms with Crippen LogP contribution in [0, 0.1) is 5.92 Å². The van der Waals surface area contributed by atoms with Crippen LogP contribution in [0.15, 0.2) is 23.0 Å². The first-order valence-corrected chi connectivity index (χ1v) is 10.4. The summed E-state index contributed by atoms with van der Waals surface area (Å²) in [6.07, 6.45) is 5.85. The third-order valence-corrected chi connectivity index (χ3v) is 6.95. The fraction of sp³-hybridized carbons (Fsp3) is 0.450. The molecule has 1 fully saturated rings. The molecular weight excluding hydrogens is 378 g/mol. The van der Waals surface area contributed by atoms with Gasteiger partial charge in [0, 0.05) is 25.0 Å². The Morgan fingerprint density at radius 2 is 2.11 bits per heavy atom. The number of carbonyl (C=O) groups is 3. The lowest BCUT2D eigenvalue weighted by Crippen LogP contribution is -2.38. The Bertz CT molecular complexity index is 961. The van der Waals surface area contributed by atoms with Crippen LogP contribution in [-0.2, 0) is 17.8 Å². The van der Waals surface area contributed by atoms with Crippen LogP contribution in [0.25, 0.3) is 0 Å². The molecule has 0 radical (unpaired) electrons. The minimum absolute atomic E-state index is 0.0218. The van der Waals surface area contributed by atoms with E-state index in [9.17, 15) is 14.4 Å². The van der Waals surface area contributed by atoms with E-state index in [2.05, 4.69) is 0 Å². The molecule has 0 spiro atoms. The number of likely N-dealkylation sites (N-methyl/N-ethyl adjacent to an activating group) is 1. The standard InChI is InChI=1S/C20H21N3O4S/c1-21-10-16(24)23(8-12-2-3-12)20-17(19(21)26)14-4-6-22(9-15(14)28-20)18(25)13-5-7-27-11-13/h5,7,11-12H,2-4,6,8-10H2,1H3. The molecule has 0 unspecified atom stereocenters. The molecule has 2 aliphatic heterocycles. The zero-order valence-corrected chi connectivity index (χ0v) is 16.5. The predicted molar refractivity (Wildman–Crippen MR) is 104 cm³/mol. The van der Waals surface area contributed by atoms with Crippen molar-refractivity contribution in [3.05, 3.63) is 40.2 Å². The highest BCUT2D eigenvalue weighted by Crippen LogP contribution is 2.43. The minimum Gasteiger partial charge on any atom is -0.472 e. The van der Waals surface area contributed by atoms with Gasteiger partial charge in [-0.25, -0.2) is 0 Å². The zero-order valence-electron chi connectivity index (χ0n) is 15.6. The van der Waals surface area contributed by atoms with Crippen molar-refractivity contribution in [1.82, 2.24) is 9.80 Å². The smallest absolute Gasteiger partial charge is 0.257 e. The van der Waals surface area contributed by atoms with Gasteiger partial charge in [0.15, 0.2) is 0 Å². The molecule has 7 nitrogen and oxygen atoms in total. The summed E-state index contributed by atoms with van der Waals surface area (Å²) in [6.45, 7) is 1.81. The second-order valence-corrected chi connectivity index (χ2v) is 8.87. The normalized spacial score (nSPS) is 19.5. The van der Waals surface area contributed by atoms with E-state index in [0.717, 1.165) is 28.3 Å². The topological polar surface area (TPSA) is 74.1 Å². The molecule has 2 aromatic rings. The molecule has 3 amide bonds. The summed E-state index contributed by atoms with van der Waals surface area (Å²) in [6, 6.07) is 1.66. The fourth-order valence-electron chi connectivity index (χ4n) is 3.95. The van der Waals surface area contributed by atoms with E-state index < -0.39 is 0 Å². The third kappa shape index (κ3) is 2.83. The summed E-state index contributed by atoms with van der Waals surface area (Å²) in [5.74, 6) is 0.353. The fourth-order valence-corrected chi connectivity index (χ4v) is 5.33. The molecule has 1 saturated carbocycles. The molecule has 4 heterocycles. The molecule has 0 atom stereocenters. The van der Waals surface area contributed by atoms with E-state index in [4.69, 9.17) is 4.42 Å². The summed E-state index contributed by atoms with van der Waals surface area (Å²) < 4.78 is 5.03. The molecule has 0 N–H and O–H groups in total. The number of hydrogen-bond donors (Lipinski definition) is 0. The molecule has 8 heteroatoms. The maximum absolute atomic E-state index is 13.0. The number of thiophene rings is 1. The van der Waals surface area contributed by atoms with Crippen molar-refractivity contribution in [3.63, 3.8) is 0 Å². The lowest BCUT2D eigenvalue weighted by molar-refractivity contribution is -0.119. The van der Waals surface area contributed by atoms with Gasteiger partial charge in [-0.3, -0.25) is 14.4 Å². The second kappa shape index (κ2) is 6.48. The van der Waals surface area contributed by atoms with Crippen LogP contribution in [0.1, 0.15) is 44.0 Å². The van der Waals surface area contributed by atoms with Crippen LogP contribution in [0.2, 0.25) is 0 Å². The highest BCUT2D eigenvalue weighted by atomic mass is 32.1. The van der Waals surface area contributed by atoms with E-state index in [0.29, 0.717) is 43.1 Å². The first-order chi connectivity index (χ1) is 13.5. The monoisotopic (exact) mass is 399 g/mol. The number of hydrogen-bond acceptors (Lipinski definition) is 5. The van der Waals surface area contributed by atoms with Gasteiger partial charge in [-0.15, -0.1) is 11.3 Å². The molecule has 0 bridgehead atoms. The largest absolute Gasteiger partial charge is 0.472 e. The lowest BCUT2D eigenvalue weighted by Gasteiger charge is -2.27. The molecule has 5 rings (SSSR count). The summed E-state index contributed by atoms with van der Waals surface area (Å²) in [5, 5.41) is 0.772. The Kier molecular flexibility index (Phi) is 4.04. The summed E-state index contributed by atoms with van der Waals surface area (Å²) in [7, 11) is 1.69. The van der Waals surface area contributed by atoms with E-state index in [1.807, 2.05) is 4.90 Å². The molecule has 0 aromatic carbocycles. The Labute approximate surface area is 166 Å². The van der Waals surface area contributed by atoms with Gasteiger partial charge in [-0.1, -0.05) is 0 Å². The second-order valence-electron chi connectivity index (χ2n) is 7.78. The van der Waals surface area contributed by atoms with Gasteiger partial charge in [0.1, 0.15) is 17.8 Å². The van der Waals surface area contributed by atoms with E-state index >= 15 is 0 Å².